The zero-order valence-corrected chi connectivity index (χ0v) is 18.3. The molecule has 5 nitrogen and oxygen atoms in total. The summed E-state index contributed by atoms with van der Waals surface area (Å²) in [6, 6.07) is 20.8. The van der Waals surface area contributed by atoms with E-state index in [1.54, 1.807) is 6.08 Å². The molecule has 0 aliphatic heterocycles. The molecule has 0 fully saturated rings. The van der Waals surface area contributed by atoms with E-state index in [-0.39, 0.29) is 11.3 Å². The van der Waals surface area contributed by atoms with Crippen molar-refractivity contribution in [1.29, 1.82) is 0 Å². The van der Waals surface area contributed by atoms with E-state index in [4.69, 9.17) is 0 Å². The maximum absolute atomic E-state index is 13.0. The first-order valence-electron chi connectivity index (χ1n) is 10.3. The first kappa shape index (κ1) is 22.4. The molecule has 160 valence electrons. The summed E-state index contributed by atoms with van der Waals surface area (Å²) in [5.41, 5.74) is 3.25. The number of hydrogen-bond acceptors (Lipinski definition) is 4. The monoisotopic (exact) mass is 434 g/mol. The minimum Gasteiger partial charge on any atom is -0.268 e. The Kier molecular flexibility index (Phi) is 7.73. The molecule has 0 saturated carbocycles. The molecule has 6 heteroatoms. The molecule has 31 heavy (non-hydrogen) atoms. The van der Waals surface area contributed by atoms with Gasteiger partial charge >= 0.3 is 0 Å². The van der Waals surface area contributed by atoms with Crippen LogP contribution in [0.5, 0.6) is 0 Å². The summed E-state index contributed by atoms with van der Waals surface area (Å²) in [4.78, 5) is 16.9. The maximum atomic E-state index is 13.0. The zero-order valence-electron chi connectivity index (χ0n) is 17.5. The topological polar surface area (TPSA) is 67.3 Å². The normalized spacial score (nSPS) is 11.5. The molecule has 0 aliphatic rings. The van der Waals surface area contributed by atoms with Crippen LogP contribution in [0.2, 0.25) is 0 Å². The molecule has 0 atom stereocenters. The van der Waals surface area contributed by atoms with Crippen molar-refractivity contribution in [3.63, 3.8) is 0 Å². The van der Waals surface area contributed by atoms with Crippen LogP contribution in [0.1, 0.15) is 42.1 Å². The molecule has 1 amide bonds. The van der Waals surface area contributed by atoms with Crippen LogP contribution in [-0.2, 0) is 10.0 Å². The van der Waals surface area contributed by atoms with Crippen molar-refractivity contribution in [2.45, 2.75) is 26.2 Å². The van der Waals surface area contributed by atoms with E-state index in [9.17, 15) is 13.2 Å². The van der Waals surface area contributed by atoms with Crippen molar-refractivity contribution in [2.24, 2.45) is 0 Å². The van der Waals surface area contributed by atoms with Gasteiger partial charge in [-0.3, -0.25) is 9.78 Å². The minimum atomic E-state index is -3.79. The van der Waals surface area contributed by atoms with Gasteiger partial charge in [0.15, 0.2) is 0 Å². The summed E-state index contributed by atoms with van der Waals surface area (Å²) in [7, 11) is -3.79. The van der Waals surface area contributed by atoms with E-state index in [1.807, 2.05) is 61.5 Å². The number of benzene rings is 2. The molecule has 0 radical (unpaired) electrons. The average Bonchev–Trinajstić information content (AvgIpc) is 2.80. The lowest BCUT2D eigenvalue weighted by atomic mass is 10.0. The second kappa shape index (κ2) is 10.7. The lowest BCUT2D eigenvalue weighted by molar-refractivity contribution is 0.0899. The third kappa shape index (κ3) is 6.12. The minimum absolute atomic E-state index is 0.0745. The molecule has 3 aromatic rings. The third-order valence-electron chi connectivity index (χ3n) is 4.85. The van der Waals surface area contributed by atoms with Gasteiger partial charge in [-0.05, 0) is 41.3 Å². The van der Waals surface area contributed by atoms with Crippen LogP contribution in [0, 0.1) is 0 Å². The Labute approximate surface area is 184 Å². The SMILES string of the molecule is CCCCCS(=O)(=O)N(/C=C/c1ccc(-c2ccccc2)cc1)C(=O)c1ccncc1. The number of rotatable bonds is 9. The first-order chi connectivity index (χ1) is 15.0. The molecular weight excluding hydrogens is 408 g/mol. The highest BCUT2D eigenvalue weighted by Gasteiger charge is 2.26. The molecule has 0 N–H and O–H groups in total. The van der Waals surface area contributed by atoms with Gasteiger partial charge in [0.25, 0.3) is 5.91 Å². The van der Waals surface area contributed by atoms with Gasteiger partial charge in [-0.1, -0.05) is 74.4 Å². The molecule has 0 unspecified atom stereocenters. The molecule has 0 bridgehead atoms. The molecule has 2 aromatic carbocycles. The van der Waals surface area contributed by atoms with E-state index >= 15 is 0 Å². The first-order valence-corrected chi connectivity index (χ1v) is 11.9. The molecule has 0 aliphatic carbocycles. The van der Waals surface area contributed by atoms with Gasteiger partial charge in [-0.25, -0.2) is 12.7 Å². The van der Waals surface area contributed by atoms with Gasteiger partial charge in [-0.15, -0.1) is 0 Å². The number of carbonyl (C=O) groups excluding carboxylic acids is 1. The fourth-order valence-electron chi connectivity index (χ4n) is 3.11. The number of unbranched alkanes of at least 4 members (excludes halogenated alkanes) is 2. The van der Waals surface area contributed by atoms with Crippen LogP contribution in [0.3, 0.4) is 0 Å². The molecule has 1 aromatic heterocycles. The second-order valence-corrected chi connectivity index (χ2v) is 9.13. The number of aromatic nitrogens is 1. The van der Waals surface area contributed by atoms with Crippen molar-refractivity contribution >= 4 is 22.0 Å². The lowest BCUT2D eigenvalue weighted by Gasteiger charge is -2.19. The van der Waals surface area contributed by atoms with Crippen molar-refractivity contribution in [3.05, 3.63) is 96.5 Å². The molecule has 0 saturated heterocycles. The summed E-state index contributed by atoms with van der Waals surface area (Å²) in [6.07, 6.45) is 8.15. The van der Waals surface area contributed by atoms with Crippen LogP contribution in [0.15, 0.2) is 85.3 Å². The molecule has 3 rings (SSSR count). The number of amides is 1. The predicted octanol–water partition coefficient (Wildman–Crippen LogP) is 5.38. The molecule has 0 spiro atoms. The van der Waals surface area contributed by atoms with Crippen LogP contribution in [0.25, 0.3) is 17.2 Å². The number of sulfonamides is 1. The van der Waals surface area contributed by atoms with E-state index in [1.165, 1.54) is 30.7 Å². The fraction of sp³-hybridized carbons (Fsp3) is 0.200. The van der Waals surface area contributed by atoms with Crippen molar-refractivity contribution in [3.8, 4) is 11.1 Å². The second-order valence-electron chi connectivity index (χ2n) is 7.16. The summed E-state index contributed by atoms with van der Waals surface area (Å²) in [6.45, 7) is 2.01. The Morgan fingerprint density at radius 1 is 0.903 bits per heavy atom. The Morgan fingerprint density at radius 3 is 2.19 bits per heavy atom. The van der Waals surface area contributed by atoms with E-state index in [2.05, 4.69) is 4.98 Å². The third-order valence-corrected chi connectivity index (χ3v) is 6.54. The van der Waals surface area contributed by atoms with Gasteiger partial charge in [0.1, 0.15) is 0 Å². The Bertz CT molecular complexity index is 1110. The van der Waals surface area contributed by atoms with Crippen molar-refractivity contribution in [1.82, 2.24) is 9.29 Å². The number of pyridine rings is 1. The number of hydrogen-bond donors (Lipinski definition) is 0. The van der Waals surface area contributed by atoms with Crippen molar-refractivity contribution < 1.29 is 13.2 Å². The van der Waals surface area contributed by atoms with Gasteiger partial charge in [0, 0.05) is 24.2 Å². The van der Waals surface area contributed by atoms with E-state index < -0.39 is 15.9 Å². The van der Waals surface area contributed by atoms with Crippen molar-refractivity contribution in [2.75, 3.05) is 5.75 Å². The summed E-state index contributed by atoms with van der Waals surface area (Å²) in [5, 5.41) is 0. The van der Waals surface area contributed by atoms with E-state index in [0.29, 0.717) is 6.42 Å². The van der Waals surface area contributed by atoms with Crippen LogP contribution >= 0.6 is 0 Å². The van der Waals surface area contributed by atoms with Gasteiger partial charge in [0.2, 0.25) is 10.0 Å². The summed E-state index contributed by atoms with van der Waals surface area (Å²) in [5.74, 6) is -0.661. The molecular formula is C25H26N2O3S. The van der Waals surface area contributed by atoms with Gasteiger partial charge in [-0.2, -0.15) is 0 Å². The Morgan fingerprint density at radius 2 is 1.55 bits per heavy atom. The average molecular weight is 435 g/mol. The fourth-order valence-corrected chi connectivity index (χ4v) is 4.48. The predicted molar refractivity (Wildman–Crippen MR) is 125 cm³/mol. The standard InChI is InChI=1S/C25H26N2O3S/c1-2-3-7-20-31(29,30)27(25(28)24-14-17-26-18-15-24)19-16-21-10-12-23(13-11-21)22-8-5-4-6-9-22/h4-6,8-19H,2-3,7,20H2,1H3/b19-16+. The molecule has 1 heterocycles. The largest absolute Gasteiger partial charge is 0.271 e. The number of nitrogens with zero attached hydrogens (tertiary/aromatic N) is 2. The van der Waals surface area contributed by atoms with E-state index in [0.717, 1.165) is 33.8 Å². The highest BCUT2D eigenvalue weighted by Crippen LogP contribution is 2.20. The maximum Gasteiger partial charge on any atom is 0.271 e. The van der Waals surface area contributed by atoms with Gasteiger partial charge < -0.3 is 0 Å². The highest BCUT2D eigenvalue weighted by molar-refractivity contribution is 7.89. The Hall–Kier alpha value is -3.25. The quantitative estimate of drug-likeness (QED) is 0.424. The van der Waals surface area contributed by atoms with Crippen LogP contribution in [0.4, 0.5) is 0 Å². The smallest absolute Gasteiger partial charge is 0.268 e. The van der Waals surface area contributed by atoms with Crippen LogP contribution in [-0.4, -0.2) is 29.4 Å². The summed E-state index contributed by atoms with van der Waals surface area (Å²) < 4.78 is 26.7. The zero-order chi connectivity index (χ0) is 22.1. The number of carbonyl (C=O) groups is 1. The Balaban J connectivity index is 1.85. The lowest BCUT2D eigenvalue weighted by Crippen LogP contribution is -2.34. The van der Waals surface area contributed by atoms with Gasteiger partial charge in [0.05, 0.1) is 5.75 Å². The highest BCUT2D eigenvalue weighted by atomic mass is 32.2. The van der Waals surface area contributed by atoms with Crippen LogP contribution < -0.4 is 0 Å². The summed E-state index contributed by atoms with van der Waals surface area (Å²) >= 11 is 0.